The van der Waals surface area contributed by atoms with E-state index in [-0.39, 0.29) is 18.6 Å². The first-order chi connectivity index (χ1) is 16.3. The van der Waals surface area contributed by atoms with E-state index in [1.165, 1.54) is 34.6 Å². The summed E-state index contributed by atoms with van der Waals surface area (Å²) in [6, 6.07) is 0. The molecule has 2 aliphatic heterocycles. The van der Waals surface area contributed by atoms with E-state index in [0.29, 0.717) is 0 Å². The molecule has 0 aromatic rings. The Bertz CT molecular complexity index is 845. The van der Waals surface area contributed by atoms with Crippen molar-refractivity contribution in [1.29, 1.82) is 0 Å². The van der Waals surface area contributed by atoms with Gasteiger partial charge < -0.3 is 29.2 Å². The first kappa shape index (κ1) is 31.8. The third-order valence-corrected chi connectivity index (χ3v) is 6.91. The fourth-order valence-electron chi connectivity index (χ4n) is 4.92. The molecule has 0 spiro atoms. The van der Waals surface area contributed by atoms with E-state index in [2.05, 4.69) is 6.58 Å². The molecule has 2 N–H and O–H groups in total. The van der Waals surface area contributed by atoms with Crippen molar-refractivity contribution in [1.82, 2.24) is 0 Å². The number of ether oxygens (including phenoxy) is 4. The van der Waals surface area contributed by atoms with Gasteiger partial charge in [-0.2, -0.15) is 26.3 Å². The standard InChI is InChI=1S/C24H36F6O7/c1-12(2)18(31)37-14-9-13-15(16(17(14)36-13)21(7,8)34-10-19(3,4)32)20(5,6)35-11-22(33,23(25,26)27)24(28,29)30/h13-17,32-33H,1,9-11H2,2-8H3. The van der Waals surface area contributed by atoms with Crippen LogP contribution in [0.3, 0.4) is 0 Å². The SMILES string of the molecule is C=C(C)C(=O)OC1CC2OC1C(C(C)(C)OCC(C)(C)O)C2C(C)(C)OCC(O)(C(F)(F)F)C(F)(F)F. The van der Waals surface area contributed by atoms with Crippen molar-refractivity contribution in [2.75, 3.05) is 13.2 Å². The monoisotopic (exact) mass is 550 g/mol. The van der Waals surface area contributed by atoms with Crippen LogP contribution in [0.1, 0.15) is 54.9 Å². The van der Waals surface area contributed by atoms with E-state index < -0.39 is 77.5 Å². The van der Waals surface area contributed by atoms with Crippen molar-refractivity contribution in [2.45, 2.75) is 108 Å². The maximum atomic E-state index is 13.2. The Labute approximate surface area is 212 Å². The molecule has 2 heterocycles. The fraction of sp³-hybridized carbons (Fsp3) is 0.875. The molecule has 0 saturated carbocycles. The molecule has 0 aliphatic carbocycles. The van der Waals surface area contributed by atoms with Crippen LogP contribution in [0.5, 0.6) is 0 Å². The van der Waals surface area contributed by atoms with Gasteiger partial charge in [-0.25, -0.2) is 4.79 Å². The molecular weight excluding hydrogens is 514 g/mol. The topological polar surface area (TPSA) is 94.5 Å². The van der Waals surface area contributed by atoms with Gasteiger partial charge in [0.15, 0.2) is 0 Å². The van der Waals surface area contributed by atoms with E-state index in [1.807, 2.05) is 0 Å². The highest BCUT2D eigenvalue weighted by Crippen LogP contribution is 2.55. The Morgan fingerprint density at radius 2 is 1.35 bits per heavy atom. The van der Waals surface area contributed by atoms with Crippen LogP contribution >= 0.6 is 0 Å². The molecule has 0 amide bonds. The summed E-state index contributed by atoms with van der Waals surface area (Å²) in [5, 5.41) is 19.7. The van der Waals surface area contributed by atoms with Crippen molar-refractivity contribution in [3.8, 4) is 0 Å². The zero-order valence-electron chi connectivity index (χ0n) is 21.9. The fourth-order valence-corrected chi connectivity index (χ4v) is 4.92. The lowest BCUT2D eigenvalue weighted by Gasteiger charge is -2.48. The van der Waals surface area contributed by atoms with Crippen LogP contribution in [0.25, 0.3) is 0 Å². The average Bonchev–Trinajstić information content (AvgIpc) is 3.27. The van der Waals surface area contributed by atoms with Crippen LogP contribution in [0.15, 0.2) is 12.2 Å². The molecule has 2 fully saturated rings. The predicted octanol–water partition coefficient (Wildman–Crippen LogP) is 4.09. The Kier molecular flexibility index (Phi) is 8.56. The van der Waals surface area contributed by atoms with Crippen molar-refractivity contribution in [3.05, 3.63) is 12.2 Å². The van der Waals surface area contributed by atoms with E-state index in [0.717, 1.165) is 0 Å². The highest BCUT2D eigenvalue weighted by molar-refractivity contribution is 5.87. The number of carbonyl (C=O) groups excluding carboxylic acids is 1. The van der Waals surface area contributed by atoms with Gasteiger partial charge in [0.1, 0.15) is 12.2 Å². The highest BCUT2D eigenvalue weighted by atomic mass is 19.4. The normalized spacial score (nSPS) is 27.5. The van der Waals surface area contributed by atoms with Gasteiger partial charge >= 0.3 is 18.3 Å². The van der Waals surface area contributed by atoms with Crippen LogP contribution in [0.2, 0.25) is 0 Å². The molecule has 2 rings (SSSR count). The molecule has 5 atom stereocenters. The van der Waals surface area contributed by atoms with Crippen LogP contribution in [-0.2, 0) is 23.7 Å². The maximum Gasteiger partial charge on any atom is 0.428 e. The maximum absolute atomic E-state index is 13.2. The third kappa shape index (κ3) is 6.60. The van der Waals surface area contributed by atoms with Gasteiger partial charge in [0.25, 0.3) is 5.60 Å². The molecule has 5 unspecified atom stereocenters. The van der Waals surface area contributed by atoms with Crippen molar-refractivity contribution in [2.24, 2.45) is 11.8 Å². The Morgan fingerprint density at radius 3 is 1.78 bits per heavy atom. The molecule has 0 aromatic heterocycles. The summed E-state index contributed by atoms with van der Waals surface area (Å²) in [6.45, 7) is 11.6. The number of esters is 1. The smallest absolute Gasteiger partial charge is 0.428 e. The summed E-state index contributed by atoms with van der Waals surface area (Å²) in [6.07, 6.45) is -14.4. The van der Waals surface area contributed by atoms with Crippen molar-refractivity contribution >= 4 is 5.97 Å². The van der Waals surface area contributed by atoms with E-state index >= 15 is 0 Å². The van der Waals surface area contributed by atoms with Gasteiger partial charge in [-0.15, -0.1) is 0 Å². The number of fused-ring (bicyclic) bond motifs is 2. The second kappa shape index (κ2) is 9.96. The molecule has 37 heavy (non-hydrogen) atoms. The van der Waals surface area contributed by atoms with Gasteiger partial charge in [0.05, 0.1) is 36.1 Å². The minimum Gasteiger partial charge on any atom is -0.456 e. The lowest BCUT2D eigenvalue weighted by molar-refractivity contribution is -0.383. The van der Waals surface area contributed by atoms with Crippen LogP contribution < -0.4 is 0 Å². The van der Waals surface area contributed by atoms with E-state index in [9.17, 15) is 41.4 Å². The van der Waals surface area contributed by atoms with Gasteiger partial charge in [0.2, 0.25) is 0 Å². The summed E-state index contributed by atoms with van der Waals surface area (Å²) in [4.78, 5) is 12.2. The van der Waals surface area contributed by atoms with E-state index in [1.54, 1.807) is 13.8 Å². The summed E-state index contributed by atoms with van der Waals surface area (Å²) >= 11 is 0. The first-order valence-corrected chi connectivity index (χ1v) is 11.7. The minimum atomic E-state index is -6.04. The lowest BCUT2D eigenvalue weighted by Crippen LogP contribution is -2.62. The van der Waals surface area contributed by atoms with Crippen LogP contribution in [-0.4, -0.2) is 82.5 Å². The van der Waals surface area contributed by atoms with E-state index in [4.69, 9.17) is 18.9 Å². The molecule has 216 valence electrons. The van der Waals surface area contributed by atoms with Gasteiger partial charge in [-0.3, -0.25) is 0 Å². The molecule has 13 heteroatoms. The number of carbonyl (C=O) groups is 1. The van der Waals surface area contributed by atoms with Crippen molar-refractivity contribution in [3.63, 3.8) is 0 Å². The molecule has 0 radical (unpaired) electrons. The zero-order chi connectivity index (χ0) is 29.0. The third-order valence-electron chi connectivity index (χ3n) is 6.91. The number of halogens is 6. The number of rotatable bonds is 10. The average molecular weight is 551 g/mol. The molecule has 7 nitrogen and oxygen atoms in total. The Morgan fingerprint density at radius 1 is 0.892 bits per heavy atom. The summed E-state index contributed by atoms with van der Waals surface area (Å²) < 4.78 is 102. The predicted molar refractivity (Wildman–Crippen MR) is 118 cm³/mol. The molecule has 0 aromatic carbocycles. The van der Waals surface area contributed by atoms with Crippen LogP contribution in [0, 0.1) is 11.8 Å². The number of alkyl halides is 6. The second-order valence-electron chi connectivity index (χ2n) is 11.6. The summed E-state index contributed by atoms with van der Waals surface area (Å²) in [7, 11) is 0. The number of aliphatic hydroxyl groups is 2. The molecular formula is C24H36F6O7. The Balaban J connectivity index is 2.41. The lowest BCUT2D eigenvalue weighted by atomic mass is 9.64. The van der Waals surface area contributed by atoms with Gasteiger partial charge in [-0.05, 0) is 48.5 Å². The van der Waals surface area contributed by atoms with Crippen molar-refractivity contribution < 1.29 is 60.3 Å². The number of hydrogen-bond acceptors (Lipinski definition) is 7. The largest absolute Gasteiger partial charge is 0.456 e. The molecule has 2 saturated heterocycles. The summed E-state index contributed by atoms with van der Waals surface area (Å²) in [5.41, 5.74) is -9.05. The summed E-state index contributed by atoms with van der Waals surface area (Å²) in [5.74, 6) is -2.27. The second-order valence-corrected chi connectivity index (χ2v) is 11.6. The molecule has 2 bridgehead atoms. The minimum absolute atomic E-state index is 0.113. The Hall–Kier alpha value is -1.41. The van der Waals surface area contributed by atoms with Crippen LogP contribution in [0.4, 0.5) is 26.3 Å². The quantitative estimate of drug-likeness (QED) is 0.240. The highest BCUT2D eigenvalue weighted by Gasteiger charge is 2.72. The zero-order valence-corrected chi connectivity index (χ0v) is 21.9. The van der Waals surface area contributed by atoms with Gasteiger partial charge in [0, 0.05) is 23.8 Å². The molecule has 2 aliphatic rings. The van der Waals surface area contributed by atoms with Gasteiger partial charge in [-0.1, -0.05) is 6.58 Å². The number of hydrogen-bond donors (Lipinski definition) is 2. The first-order valence-electron chi connectivity index (χ1n) is 11.7.